The molecule has 1 unspecified atom stereocenters. The number of fused-ring (bicyclic) bond motifs is 1. The Labute approximate surface area is 259 Å². The van der Waals surface area contributed by atoms with Crippen molar-refractivity contribution < 1.29 is 5.11 Å². The third-order valence-corrected chi connectivity index (χ3v) is 10.8. The van der Waals surface area contributed by atoms with E-state index in [0.29, 0.717) is 22.0 Å². The lowest BCUT2D eigenvalue weighted by Crippen LogP contribution is -2.55. The number of aliphatic hydroxyl groups is 1. The molecule has 0 bridgehead atoms. The van der Waals surface area contributed by atoms with E-state index in [0.717, 1.165) is 112 Å². The summed E-state index contributed by atoms with van der Waals surface area (Å²) in [5, 5.41) is 28.0. The van der Waals surface area contributed by atoms with Gasteiger partial charge in [-0.3, -0.25) is 14.7 Å². The summed E-state index contributed by atoms with van der Waals surface area (Å²) in [7, 11) is 0. The molecule has 2 atom stereocenters. The lowest BCUT2D eigenvalue weighted by Gasteiger charge is -2.48. The molecule has 6 rings (SSSR count). The molecule has 5 heterocycles. The number of nitrogens with one attached hydrogen (secondary N) is 2. The summed E-state index contributed by atoms with van der Waals surface area (Å²) in [4.78, 5) is 7.57. The van der Waals surface area contributed by atoms with E-state index in [-0.39, 0.29) is 18.2 Å². The summed E-state index contributed by atoms with van der Waals surface area (Å²) in [6.45, 7) is 17.6. The van der Waals surface area contributed by atoms with Crippen LogP contribution >= 0.6 is 23.2 Å². The molecule has 11 heteroatoms. The van der Waals surface area contributed by atoms with Crippen molar-refractivity contribution in [2.45, 2.75) is 71.0 Å². The van der Waals surface area contributed by atoms with Crippen LogP contribution in [0.3, 0.4) is 0 Å². The van der Waals surface area contributed by atoms with Crippen LogP contribution in [-0.2, 0) is 0 Å². The fourth-order valence-electron chi connectivity index (χ4n) is 7.62. The highest BCUT2D eigenvalue weighted by molar-refractivity contribution is 6.45. The van der Waals surface area contributed by atoms with E-state index in [1.165, 1.54) is 0 Å². The summed E-state index contributed by atoms with van der Waals surface area (Å²) in [5.74, 6) is 1.64. The number of hydrogen-bond acceptors (Lipinski definition) is 7. The third-order valence-electron chi connectivity index (χ3n) is 10.0. The van der Waals surface area contributed by atoms with Crippen LogP contribution in [0.2, 0.25) is 10.0 Å². The van der Waals surface area contributed by atoms with Crippen molar-refractivity contribution in [3.63, 3.8) is 0 Å². The van der Waals surface area contributed by atoms with Crippen LogP contribution in [0.25, 0.3) is 22.0 Å². The van der Waals surface area contributed by atoms with Gasteiger partial charge in [0.25, 0.3) is 0 Å². The Kier molecular flexibility index (Phi) is 8.80. The minimum absolute atomic E-state index is 0.0782. The predicted octanol–water partition coefficient (Wildman–Crippen LogP) is 4.96. The van der Waals surface area contributed by atoms with Crippen LogP contribution in [0.15, 0.2) is 12.3 Å². The van der Waals surface area contributed by atoms with Crippen molar-refractivity contribution in [3.05, 3.63) is 28.0 Å². The van der Waals surface area contributed by atoms with E-state index in [1.807, 2.05) is 12.3 Å². The molecule has 3 fully saturated rings. The Balaban J connectivity index is 1.31. The fourth-order valence-corrected chi connectivity index (χ4v) is 8.07. The van der Waals surface area contributed by atoms with Crippen LogP contribution in [0.4, 0.5) is 5.82 Å². The van der Waals surface area contributed by atoms with Gasteiger partial charge < -0.3 is 20.2 Å². The average Bonchev–Trinajstić information content (AvgIpc) is 3.58. The van der Waals surface area contributed by atoms with Gasteiger partial charge in [-0.05, 0) is 78.5 Å². The normalized spacial score (nSPS) is 23.6. The molecule has 9 nitrogen and oxygen atoms in total. The SMILES string of the molecule is Cc1c(-c2c(Cl)c(Cl)cc3[nH]ncc23)c(N2CC[C@@H](CN3CCN(C(C)CO)CC3)CC2(C)C)nn1C1CCNCC1. The summed E-state index contributed by atoms with van der Waals surface area (Å²) < 4.78 is 2.27. The number of hydrogen-bond donors (Lipinski definition) is 3. The number of nitrogens with zero attached hydrogens (tertiary/aromatic N) is 6. The number of aromatic nitrogens is 4. The van der Waals surface area contributed by atoms with E-state index in [9.17, 15) is 5.11 Å². The molecule has 3 aliphatic heterocycles. The number of rotatable bonds is 7. The molecule has 3 saturated heterocycles. The second-order valence-electron chi connectivity index (χ2n) is 13.3. The summed E-state index contributed by atoms with van der Waals surface area (Å²) in [6, 6.07) is 2.46. The van der Waals surface area contributed by atoms with Crippen molar-refractivity contribution in [2.75, 3.05) is 63.9 Å². The number of H-pyrrole nitrogens is 1. The number of aromatic amines is 1. The van der Waals surface area contributed by atoms with E-state index in [4.69, 9.17) is 28.3 Å². The smallest absolute Gasteiger partial charge is 0.159 e. The number of piperidine rings is 2. The number of aliphatic hydroxyl groups excluding tert-OH is 1. The quantitative estimate of drug-likeness (QED) is 0.346. The topological polar surface area (TPSA) is 88.5 Å². The maximum absolute atomic E-state index is 9.56. The Hall–Kier alpha value is -1.88. The van der Waals surface area contributed by atoms with Crippen LogP contribution in [0, 0.1) is 12.8 Å². The van der Waals surface area contributed by atoms with Gasteiger partial charge in [-0.1, -0.05) is 23.2 Å². The van der Waals surface area contributed by atoms with Crippen molar-refractivity contribution in [1.29, 1.82) is 0 Å². The molecule has 1 aromatic carbocycles. The fraction of sp³-hybridized carbons (Fsp3) is 0.677. The van der Waals surface area contributed by atoms with Gasteiger partial charge in [-0.25, -0.2) is 0 Å². The van der Waals surface area contributed by atoms with Gasteiger partial charge in [0.1, 0.15) is 0 Å². The molecule has 0 amide bonds. The van der Waals surface area contributed by atoms with E-state index >= 15 is 0 Å². The standard InChI is InChI=1S/C31H46Cl2N8O/c1-20(19-42)39-13-11-38(12-14-39)18-22-7-10-40(31(3,4)16-22)30-27(21(2)41(37-30)23-5-8-34-9-6-23)28-24-17-35-36-26(24)15-25(32)29(28)33/h15,17,20,22-23,34,42H,5-14,16,18-19H2,1-4H3,(H,35,36)/t20?,22-/m1/s1. The second kappa shape index (κ2) is 12.3. The van der Waals surface area contributed by atoms with Gasteiger partial charge in [-0.15, -0.1) is 0 Å². The van der Waals surface area contributed by atoms with Crippen LogP contribution in [0.1, 0.15) is 58.2 Å². The van der Waals surface area contributed by atoms with Gasteiger partial charge >= 0.3 is 0 Å². The van der Waals surface area contributed by atoms with Crippen LogP contribution in [-0.4, -0.2) is 105 Å². The maximum atomic E-state index is 9.56. The molecule has 3 N–H and O–H groups in total. The van der Waals surface area contributed by atoms with Crippen molar-refractivity contribution in [2.24, 2.45) is 5.92 Å². The summed E-state index contributed by atoms with van der Waals surface area (Å²) in [5.41, 5.74) is 3.94. The third kappa shape index (κ3) is 5.69. The first kappa shape index (κ1) is 30.2. The molecule has 0 saturated carbocycles. The van der Waals surface area contributed by atoms with E-state index in [1.54, 1.807) is 0 Å². The number of piperazine rings is 1. The van der Waals surface area contributed by atoms with Gasteiger partial charge in [-0.2, -0.15) is 10.2 Å². The lowest BCUT2D eigenvalue weighted by atomic mass is 9.81. The molecular formula is C31H46Cl2N8O. The Bertz CT molecular complexity index is 1390. The number of anilines is 1. The van der Waals surface area contributed by atoms with Gasteiger partial charge in [0.2, 0.25) is 0 Å². The molecule has 2 aromatic heterocycles. The van der Waals surface area contributed by atoms with Crippen molar-refractivity contribution in [1.82, 2.24) is 35.1 Å². The minimum atomic E-state index is -0.0782. The van der Waals surface area contributed by atoms with Crippen molar-refractivity contribution >= 4 is 39.9 Å². The number of halogens is 2. The summed E-state index contributed by atoms with van der Waals surface area (Å²) >= 11 is 13.7. The largest absolute Gasteiger partial charge is 0.395 e. The van der Waals surface area contributed by atoms with Crippen LogP contribution in [0.5, 0.6) is 0 Å². The van der Waals surface area contributed by atoms with Gasteiger partial charge in [0.05, 0.1) is 34.4 Å². The predicted molar refractivity (Wildman–Crippen MR) is 172 cm³/mol. The van der Waals surface area contributed by atoms with Crippen LogP contribution < -0.4 is 10.2 Å². The monoisotopic (exact) mass is 616 g/mol. The second-order valence-corrected chi connectivity index (χ2v) is 14.1. The zero-order valence-electron chi connectivity index (χ0n) is 25.5. The van der Waals surface area contributed by atoms with E-state index < -0.39 is 0 Å². The first-order chi connectivity index (χ1) is 20.2. The highest BCUT2D eigenvalue weighted by Crippen LogP contribution is 2.48. The van der Waals surface area contributed by atoms with Crippen molar-refractivity contribution in [3.8, 4) is 11.1 Å². The van der Waals surface area contributed by atoms with Gasteiger partial charge in [0, 0.05) is 73.1 Å². The Morgan fingerprint density at radius 1 is 1.07 bits per heavy atom. The zero-order valence-corrected chi connectivity index (χ0v) is 27.0. The summed E-state index contributed by atoms with van der Waals surface area (Å²) in [6.07, 6.45) is 6.20. The molecule has 3 aromatic rings. The lowest BCUT2D eigenvalue weighted by molar-refractivity contribution is 0.0609. The molecule has 0 aliphatic carbocycles. The molecular weight excluding hydrogens is 571 g/mol. The number of benzene rings is 1. The minimum Gasteiger partial charge on any atom is -0.395 e. The highest BCUT2D eigenvalue weighted by Gasteiger charge is 2.40. The Morgan fingerprint density at radius 3 is 2.50 bits per heavy atom. The molecule has 0 spiro atoms. The first-order valence-electron chi connectivity index (χ1n) is 15.6. The Morgan fingerprint density at radius 2 is 1.81 bits per heavy atom. The average molecular weight is 618 g/mol. The molecule has 230 valence electrons. The zero-order chi connectivity index (χ0) is 29.6. The van der Waals surface area contributed by atoms with E-state index in [2.05, 4.69) is 62.6 Å². The highest BCUT2D eigenvalue weighted by atomic mass is 35.5. The van der Waals surface area contributed by atoms with Gasteiger partial charge in [0.15, 0.2) is 5.82 Å². The molecule has 0 radical (unpaired) electrons. The maximum Gasteiger partial charge on any atom is 0.159 e. The molecule has 3 aliphatic rings. The molecule has 42 heavy (non-hydrogen) atoms. The first-order valence-corrected chi connectivity index (χ1v) is 16.4.